The fourth-order valence-corrected chi connectivity index (χ4v) is 3.23. The molecule has 0 saturated heterocycles. The molecule has 0 amide bonds. The summed E-state index contributed by atoms with van der Waals surface area (Å²) in [6, 6.07) is 15.1. The summed E-state index contributed by atoms with van der Waals surface area (Å²) < 4.78 is 31.8. The van der Waals surface area contributed by atoms with Crippen molar-refractivity contribution in [3.63, 3.8) is 0 Å². The zero-order chi connectivity index (χ0) is 17.6. The average Bonchev–Trinajstić information content (AvgIpc) is 2.61. The number of ether oxygens (including phenoxy) is 1. The lowest BCUT2D eigenvalue weighted by Crippen LogP contribution is -2.26. The predicted molar refractivity (Wildman–Crippen MR) is 91.9 cm³/mol. The van der Waals surface area contributed by atoms with Gasteiger partial charge in [-0.05, 0) is 42.0 Å². The van der Waals surface area contributed by atoms with E-state index in [0.29, 0.717) is 17.9 Å². The van der Waals surface area contributed by atoms with Gasteiger partial charge in [-0.1, -0.05) is 24.8 Å². The molecule has 0 aromatic heterocycles. The first-order chi connectivity index (χ1) is 11.5. The van der Waals surface area contributed by atoms with Crippen molar-refractivity contribution in [2.24, 2.45) is 0 Å². The Morgan fingerprint density at radius 3 is 2.33 bits per heavy atom. The quantitative estimate of drug-likeness (QED) is 0.725. The fraction of sp³-hybridized carbons (Fsp3) is 0.167. The second-order valence-corrected chi connectivity index (χ2v) is 7.19. The van der Waals surface area contributed by atoms with Crippen LogP contribution in [0.1, 0.15) is 11.1 Å². The number of nitriles is 1. The Kier molecular flexibility index (Phi) is 5.74. The van der Waals surface area contributed by atoms with Crippen molar-refractivity contribution >= 4 is 10.0 Å². The molecule has 0 bridgehead atoms. The topological polar surface area (TPSA) is 70.4 Å². The lowest BCUT2D eigenvalue weighted by Gasteiger charge is -2.17. The molecule has 0 atom stereocenters. The van der Waals surface area contributed by atoms with Gasteiger partial charge in [0.1, 0.15) is 12.4 Å². The summed E-state index contributed by atoms with van der Waals surface area (Å²) in [5.41, 5.74) is 1.27. The van der Waals surface area contributed by atoms with E-state index in [1.54, 1.807) is 18.2 Å². The largest absolute Gasteiger partial charge is 0.490 e. The van der Waals surface area contributed by atoms with E-state index in [4.69, 9.17) is 10.00 Å². The van der Waals surface area contributed by atoms with E-state index in [1.165, 1.54) is 35.6 Å². The van der Waals surface area contributed by atoms with Crippen LogP contribution in [0.2, 0.25) is 0 Å². The summed E-state index contributed by atoms with van der Waals surface area (Å²) in [6.45, 7) is 4.25. The van der Waals surface area contributed by atoms with Gasteiger partial charge in [0, 0.05) is 13.6 Å². The monoisotopic (exact) mass is 342 g/mol. The Morgan fingerprint density at radius 2 is 1.79 bits per heavy atom. The predicted octanol–water partition coefficient (Wildman–Crippen LogP) is 2.94. The van der Waals surface area contributed by atoms with E-state index in [-0.39, 0.29) is 11.4 Å². The second-order valence-electron chi connectivity index (χ2n) is 5.14. The van der Waals surface area contributed by atoms with Crippen molar-refractivity contribution in [2.45, 2.75) is 11.4 Å². The van der Waals surface area contributed by atoms with E-state index >= 15 is 0 Å². The molecule has 5 nitrogen and oxygen atoms in total. The van der Waals surface area contributed by atoms with E-state index in [2.05, 4.69) is 6.58 Å². The molecule has 0 saturated carbocycles. The summed E-state index contributed by atoms with van der Waals surface area (Å²) >= 11 is 0. The molecule has 0 unspecified atom stereocenters. The molecule has 2 aromatic carbocycles. The van der Waals surface area contributed by atoms with Gasteiger partial charge >= 0.3 is 0 Å². The normalized spacial score (nSPS) is 11.0. The van der Waals surface area contributed by atoms with Gasteiger partial charge in [-0.25, -0.2) is 8.42 Å². The Bertz CT molecular complexity index is 835. The van der Waals surface area contributed by atoms with E-state index < -0.39 is 10.0 Å². The average molecular weight is 342 g/mol. The highest BCUT2D eigenvalue weighted by atomic mass is 32.2. The molecule has 0 spiro atoms. The minimum absolute atomic E-state index is 0.162. The van der Waals surface area contributed by atoms with E-state index in [1.807, 2.05) is 18.2 Å². The molecule has 2 rings (SSSR count). The number of hydrogen-bond acceptors (Lipinski definition) is 4. The van der Waals surface area contributed by atoms with Crippen LogP contribution in [0.25, 0.3) is 0 Å². The molecule has 0 N–H and O–H groups in total. The molecule has 0 aliphatic heterocycles. The maximum atomic E-state index is 12.6. The summed E-state index contributed by atoms with van der Waals surface area (Å²) in [6.07, 6.45) is 1.66. The van der Waals surface area contributed by atoms with Gasteiger partial charge in [-0.15, -0.1) is 0 Å². The fourth-order valence-electron chi connectivity index (χ4n) is 2.07. The SMILES string of the molecule is C=CCOc1ccc(CN(C)S(=O)(=O)c2ccc(C#N)cc2)cc1. The molecule has 24 heavy (non-hydrogen) atoms. The van der Waals surface area contributed by atoms with Crippen molar-refractivity contribution < 1.29 is 13.2 Å². The highest BCUT2D eigenvalue weighted by Crippen LogP contribution is 2.19. The van der Waals surface area contributed by atoms with Crippen molar-refractivity contribution in [1.29, 1.82) is 5.26 Å². The van der Waals surface area contributed by atoms with Crippen LogP contribution >= 0.6 is 0 Å². The molecule has 2 aromatic rings. The Hall–Kier alpha value is -2.62. The van der Waals surface area contributed by atoms with Gasteiger partial charge in [0.2, 0.25) is 10.0 Å². The first-order valence-electron chi connectivity index (χ1n) is 7.26. The molecule has 0 radical (unpaired) electrons. The van der Waals surface area contributed by atoms with Crippen molar-refractivity contribution in [3.05, 3.63) is 72.3 Å². The molecular formula is C18H18N2O3S. The van der Waals surface area contributed by atoms with Gasteiger partial charge in [-0.3, -0.25) is 0 Å². The minimum Gasteiger partial charge on any atom is -0.490 e. The molecule has 124 valence electrons. The molecular weight excluding hydrogens is 324 g/mol. The third-order valence-electron chi connectivity index (χ3n) is 3.39. The summed E-state index contributed by atoms with van der Waals surface area (Å²) in [5, 5.41) is 8.79. The van der Waals surface area contributed by atoms with Gasteiger partial charge in [0.15, 0.2) is 0 Å². The van der Waals surface area contributed by atoms with E-state index in [0.717, 1.165) is 5.56 Å². The lowest BCUT2D eigenvalue weighted by molar-refractivity contribution is 0.363. The molecule has 6 heteroatoms. The number of sulfonamides is 1. The maximum absolute atomic E-state index is 12.6. The Labute approximate surface area is 142 Å². The third kappa shape index (κ3) is 4.22. The number of nitrogens with zero attached hydrogens (tertiary/aromatic N) is 2. The standard InChI is InChI=1S/C18H18N2O3S/c1-3-12-23-17-8-4-16(5-9-17)14-20(2)24(21,22)18-10-6-15(13-19)7-11-18/h3-11H,1,12,14H2,2H3. The Balaban J connectivity index is 2.11. The van der Waals surface area contributed by atoms with Gasteiger partial charge in [-0.2, -0.15) is 9.57 Å². The summed E-state index contributed by atoms with van der Waals surface area (Å²) in [5.74, 6) is 0.705. The van der Waals surface area contributed by atoms with Crippen LogP contribution in [0.3, 0.4) is 0 Å². The van der Waals surface area contributed by atoms with Gasteiger partial charge in [0.05, 0.1) is 16.5 Å². The van der Waals surface area contributed by atoms with Crippen molar-refractivity contribution in [2.75, 3.05) is 13.7 Å². The smallest absolute Gasteiger partial charge is 0.243 e. The minimum atomic E-state index is -3.61. The van der Waals surface area contributed by atoms with Crippen LogP contribution in [0.5, 0.6) is 5.75 Å². The van der Waals surface area contributed by atoms with Crippen LogP contribution in [-0.4, -0.2) is 26.4 Å². The number of benzene rings is 2. The number of hydrogen-bond donors (Lipinski definition) is 0. The van der Waals surface area contributed by atoms with Gasteiger partial charge < -0.3 is 4.74 Å². The molecule has 0 aliphatic carbocycles. The van der Waals surface area contributed by atoms with Crippen LogP contribution in [0.15, 0.2) is 66.1 Å². The lowest BCUT2D eigenvalue weighted by atomic mass is 10.2. The van der Waals surface area contributed by atoms with Crippen LogP contribution < -0.4 is 4.74 Å². The highest BCUT2D eigenvalue weighted by molar-refractivity contribution is 7.89. The van der Waals surface area contributed by atoms with Crippen molar-refractivity contribution in [1.82, 2.24) is 4.31 Å². The summed E-state index contributed by atoms with van der Waals surface area (Å²) in [4.78, 5) is 0.162. The maximum Gasteiger partial charge on any atom is 0.243 e. The van der Waals surface area contributed by atoms with Gasteiger partial charge in [0.25, 0.3) is 0 Å². The van der Waals surface area contributed by atoms with Crippen LogP contribution in [-0.2, 0) is 16.6 Å². The zero-order valence-corrected chi connectivity index (χ0v) is 14.2. The van der Waals surface area contributed by atoms with Crippen LogP contribution in [0, 0.1) is 11.3 Å². The first kappa shape index (κ1) is 17.7. The molecule has 0 heterocycles. The third-order valence-corrected chi connectivity index (χ3v) is 5.21. The highest BCUT2D eigenvalue weighted by Gasteiger charge is 2.20. The zero-order valence-electron chi connectivity index (χ0n) is 13.3. The Morgan fingerprint density at radius 1 is 1.17 bits per heavy atom. The number of rotatable bonds is 7. The van der Waals surface area contributed by atoms with E-state index in [9.17, 15) is 8.42 Å². The molecule has 0 fully saturated rings. The summed E-state index contributed by atoms with van der Waals surface area (Å²) in [7, 11) is -2.08. The van der Waals surface area contributed by atoms with Crippen molar-refractivity contribution in [3.8, 4) is 11.8 Å². The second kappa shape index (κ2) is 7.77. The van der Waals surface area contributed by atoms with Crippen LogP contribution in [0.4, 0.5) is 0 Å². The molecule has 0 aliphatic rings. The first-order valence-corrected chi connectivity index (χ1v) is 8.70.